The van der Waals surface area contributed by atoms with Gasteiger partial charge in [0.05, 0.1) is 22.6 Å². The van der Waals surface area contributed by atoms with Gasteiger partial charge >= 0.3 is 0 Å². The van der Waals surface area contributed by atoms with E-state index in [4.69, 9.17) is 5.73 Å². The lowest BCUT2D eigenvalue weighted by atomic mass is 9.92. The highest BCUT2D eigenvalue weighted by atomic mass is 16.1. The third-order valence-electron chi connectivity index (χ3n) is 5.17. The van der Waals surface area contributed by atoms with Gasteiger partial charge < -0.3 is 5.73 Å². The molecule has 7 heteroatoms. The molecule has 0 bridgehead atoms. The molecule has 4 rings (SSSR count). The van der Waals surface area contributed by atoms with Crippen LogP contribution in [0.15, 0.2) is 48.9 Å². The van der Waals surface area contributed by atoms with E-state index < -0.39 is 5.91 Å². The fourth-order valence-corrected chi connectivity index (χ4v) is 3.86. The molecule has 1 saturated heterocycles. The molecule has 1 aliphatic heterocycles. The van der Waals surface area contributed by atoms with Crippen LogP contribution in [-0.4, -0.2) is 43.6 Å². The summed E-state index contributed by atoms with van der Waals surface area (Å²) in [6.07, 6.45) is 7.50. The molecule has 2 N–H and O–H groups in total. The van der Waals surface area contributed by atoms with E-state index in [2.05, 4.69) is 26.0 Å². The van der Waals surface area contributed by atoms with Gasteiger partial charge in [-0.25, -0.2) is 0 Å². The fraction of sp³-hybridized carbons (Fsp3) is 0.333. The summed E-state index contributed by atoms with van der Waals surface area (Å²) < 4.78 is 1.68. The predicted octanol–water partition coefficient (Wildman–Crippen LogP) is 2.36. The highest BCUT2D eigenvalue weighted by Gasteiger charge is 2.27. The minimum Gasteiger partial charge on any atom is -0.365 e. The second kappa shape index (κ2) is 7.90. The largest absolute Gasteiger partial charge is 0.365 e. The Labute approximate surface area is 164 Å². The molecule has 0 aromatic carbocycles. The standard InChI is InChI=1S/C21H24N6O/c1-26-14-17(21(22)28)20(25-26)16-5-4-10-27(13-16)12-15-7-8-19(24-11-15)18-6-2-3-9-23-18/h2-3,6-9,11,14,16H,4-5,10,12-13H2,1H3,(H2,22,28). The van der Waals surface area contributed by atoms with Crippen molar-refractivity contribution in [2.45, 2.75) is 25.3 Å². The number of carbonyl (C=O) groups is 1. The molecular weight excluding hydrogens is 352 g/mol. The lowest BCUT2D eigenvalue weighted by molar-refractivity contribution is 0.0997. The number of pyridine rings is 2. The van der Waals surface area contributed by atoms with Crippen LogP contribution in [0.4, 0.5) is 0 Å². The van der Waals surface area contributed by atoms with Gasteiger partial charge in [0.1, 0.15) is 0 Å². The SMILES string of the molecule is Cn1cc(C(N)=O)c(C2CCCN(Cc3ccc(-c4ccccn4)nc3)C2)n1. The first kappa shape index (κ1) is 18.3. The van der Waals surface area contributed by atoms with E-state index in [1.165, 1.54) is 0 Å². The number of hydrogen-bond acceptors (Lipinski definition) is 5. The molecule has 7 nitrogen and oxygen atoms in total. The third-order valence-corrected chi connectivity index (χ3v) is 5.17. The summed E-state index contributed by atoms with van der Waals surface area (Å²) in [5, 5.41) is 4.51. The first-order chi connectivity index (χ1) is 13.6. The Kier molecular flexibility index (Phi) is 5.16. The zero-order chi connectivity index (χ0) is 19.5. The van der Waals surface area contributed by atoms with E-state index in [0.717, 1.165) is 55.1 Å². The van der Waals surface area contributed by atoms with E-state index >= 15 is 0 Å². The van der Waals surface area contributed by atoms with Crippen LogP contribution in [0.25, 0.3) is 11.4 Å². The van der Waals surface area contributed by atoms with Crippen molar-refractivity contribution in [3.05, 3.63) is 65.7 Å². The molecular formula is C21H24N6O. The predicted molar refractivity (Wildman–Crippen MR) is 106 cm³/mol. The molecule has 0 aliphatic carbocycles. The van der Waals surface area contributed by atoms with Gasteiger partial charge in [0.2, 0.25) is 0 Å². The average Bonchev–Trinajstić information content (AvgIpc) is 3.12. The van der Waals surface area contributed by atoms with Crippen LogP contribution in [0.1, 0.15) is 40.4 Å². The molecule has 144 valence electrons. The van der Waals surface area contributed by atoms with Crippen LogP contribution >= 0.6 is 0 Å². The zero-order valence-corrected chi connectivity index (χ0v) is 16.0. The van der Waals surface area contributed by atoms with Gasteiger partial charge in [-0.1, -0.05) is 12.1 Å². The first-order valence-electron chi connectivity index (χ1n) is 9.52. The number of carbonyl (C=O) groups excluding carboxylic acids is 1. The summed E-state index contributed by atoms with van der Waals surface area (Å²) >= 11 is 0. The highest BCUT2D eigenvalue weighted by molar-refractivity contribution is 5.93. The smallest absolute Gasteiger partial charge is 0.252 e. The van der Waals surface area contributed by atoms with Gasteiger partial charge in [0.25, 0.3) is 5.91 Å². The summed E-state index contributed by atoms with van der Waals surface area (Å²) in [6.45, 7) is 2.71. The van der Waals surface area contributed by atoms with Crippen molar-refractivity contribution in [1.82, 2.24) is 24.6 Å². The number of piperidine rings is 1. The van der Waals surface area contributed by atoms with Crippen molar-refractivity contribution in [3.63, 3.8) is 0 Å². The van der Waals surface area contributed by atoms with Crippen LogP contribution in [0.2, 0.25) is 0 Å². The lowest BCUT2D eigenvalue weighted by Gasteiger charge is -2.32. The van der Waals surface area contributed by atoms with Crippen LogP contribution in [0.3, 0.4) is 0 Å². The second-order valence-electron chi connectivity index (χ2n) is 7.31. The number of rotatable bonds is 5. The van der Waals surface area contributed by atoms with E-state index in [9.17, 15) is 4.79 Å². The summed E-state index contributed by atoms with van der Waals surface area (Å²) in [5.74, 6) is -0.187. The van der Waals surface area contributed by atoms with Gasteiger partial charge in [-0.2, -0.15) is 5.10 Å². The van der Waals surface area contributed by atoms with Crippen molar-refractivity contribution >= 4 is 5.91 Å². The van der Waals surface area contributed by atoms with Crippen molar-refractivity contribution in [2.75, 3.05) is 13.1 Å². The molecule has 1 atom stereocenters. The molecule has 3 aromatic rings. The lowest BCUT2D eigenvalue weighted by Crippen LogP contribution is -2.34. The van der Waals surface area contributed by atoms with Crippen molar-refractivity contribution in [1.29, 1.82) is 0 Å². The molecule has 0 spiro atoms. The van der Waals surface area contributed by atoms with E-state index in [1.807, 2.05) is 37.5 Å². The maximum atomic E-state index is 11.7. The Bertz CT molecular complexity index is 951. The Balaban J connectivity index is 1.45. The average molecular weight is 376 g/mol. The number of hydrogen-bond donors (Lipinski definition) is 1. The monoisotopic (exact) mass is 376 g/mol. The highest BCUT2D eigenvalue weighted by Crippen LogP contribution is 2.29. The molecule has 1 amide bonds. The number of aromatic nitrogens is 4. The number of aryl methyl sites for hydroxylation is 1. The number of likely N-dealkylation sites (tertiary alicyclic amines) is 1. The Morgan fingerprint density at radius 3 is 2.79 bits per heavy atom. The molecule has 0 radical (unpaired) electrons. The van der Waals surface area contributed by atoms with Crippen LogP contribution < -0.4 is 5.73 Å². The summed E-state index contributed by atoms with van der Waals surface area (Å²) in [5.41, 5.74) is 9.81. The number of amides is 1. The second-order valence-corrected chi connectivity index (χ2v) is 7.31. The zero-order valence-electron chi connectivity index (χ0n) is 16.0. The van der Waals surface area contributed by atoms with Crippen LogP contribution in [-0.2, 0) is 13.6 Å². The Morgan fingerprint density at radius 2 is 2.07 bits per heavy atom. The molecule has 0 saturated carbocycles. The topological polar surface area (TPSA) is 89.9 Å². The minimum atomic E-state index is -0.408. The normalized spacial score (nSPS) is 17.5. The van der Waals surface area contributed by atoms with Crippen molar-refractivity contribution < 1.29 is 4.79 Å². The van der Waals surface area contributed by atoms with Crippen LogP contribution in [0.5, 0.6) is 0 Å². The molecule has 4 heterocycles. The molecule has 1 aliphatic rings. The van der Waals surface area contributed by atoms with Gasteiger partial charge in [-0.3, -0.25) is 24.3 Å². The molecule has 28 heavy (non-hydrogen) atoms. The van der Waals surface area contributed by atoms with Gasteiger partial charge in [0, 0.05) is 44.6 Å². The summed E-state index contributed by atoms with van der Waals surface area (Å²) in [4.78, 5) is 23.0. The molecule has 3 aromatic heterocycles. The number of nitrogens with two attached hydrogens (primary N) is 1. The Hall–Kier alpha value is -3.06. The third kappa shape index (κ3) is 3.94. The maximum Gasteiger partial charge on any atom is 0.252 e. The quantitative estimate of drug-likeness (QED) is 0.738. The Morgan fingerprint density at radius 1 is 1.21 bits per heavy atom. The number of nitrogens with zero attached hydrogens (tertiary/aromatic N) is 5. The molecule has 1 fully saturated rings. The minimum absolute atomic E-state index is 0.221. The van der Waals surface area contributed by atoms with Gasteiger partial charge in [0.15, 0.2) is 0 Å². The van der Waals surface area contributed by atoms with E-state index in [1.54, 1.807) is 17.1 Å². The van der Waals surface area contributed by atoms with Gasteiger partial charge in [-0.05, 0) is 43.1 Å². The van der Waals surface area contributed by atoms with E-state index in [0.29, 0.717) is 5.56 Å². The maximum absolute atomic E-state index is 11.7. The van der Waals surface area contributed by atoms with Gasteiger partial charge in [-0.15, -0.1) is 0 Å². The van der Waals surface area contributed by atoms with Crippen LogP contribution in [0, 0.1) is 0 Å². The number of primary amides is 1. The molecule has 1 unspecified atom stereocenters. The summed E-state index contributed by atoms with van der Waals surface area (Å²) in [7, 11) is 1.82. The fourth-order valence-electron chi connectivity index (χ4n) is 3.86. The summed E-state index contributed by atoms with van der Waals surface area (Å²) in [6, 6.07) is 9.94. The van der Waals surface area contributed by atoms with E-state index in [-0.39, 0.29) is 5.92 Å². The first-order valence-corrected chi connectivity index (χ1v) is 9.52. The van der Waals surface area contributed by atoms with Crippen molar-refractivity contribution in [3.8, 4) is 11.4 Å². The van der Waals surface area contributed by atoms with Crippen molar-refractivity contribution in [2.24, 2.45) is 12.8 Å².